The molecule has 0 radical (unpaired) electrons. The predicted octanol–water partition coefficient (Wildman–Crippen LogP) is 6.16. The van der Waals surface area contributed by atoms with Crippen LogP contribution in [-0.4, -0.2) is 33.5 Å². The van der Waals surface area contributed by atoms with Crippen LogP contribution in [-0.2, 0) is 0 Å². The molecule has 0 aliphatic carbocycles. The van der Waals surface area contributed by atoms with Crippen molar-refractivity contribution in [2.45, 2.75) is 40.2 Å². The summed E-state index contributed by atoms with van der Waals surface area (Å²) in [6.07, 6.45) is 0.851. The van der Waals surface area contributed by atoms with E-state index in [0.717, 1.165) is 17.5 Å². The van der Waals surface area contributed by atoms with Gasteiger partial charge in [0.25, 0.3) is 5.91 Å². The van der Waals surface area contributed by atoms with Crippen LogP contribution in [0.2, 0.25) is 10.0 Å². The molecule has 1 amide bonds. The summed E-state index contributed by atoms with van der Waals surface area (Å²) in [6.45, 7) is 8.67. The molecule has 0 bridgehead atoms. The Hall–Kier alpha value is -1.62. The SMILES string of the molecule is CCCN(C(=S)c1ccc(C)cc1)N(C(=O)c1ccc(Cl)c(Cl)c1)C(C)C. The lowest BCUT2D eigenvalue weighted by Gasteiger charge is -2.39. The summed E-state index contributed by atoms with van der Waals surface area (Å²) in [7, 11) is 0. The largest absolute Gasteiger partial charge is 0.272 e. The third-order valence-electron chi connectivity index (χ3n) is 4.09. The van der Waals surface area contributed by atoms with E-state index in [1.807, 2.05) is 50.0 Å². The van der Waals surface area contributed by atoms with Crippen molar-refractivity contribution in [1.29, 1.82) is 0 Å². The molecule has 0 aliphatic rings. The minimum absolute atomic E-state index is 0.0816. The van der Waals surface area contributed by atoms with E-state index in [0.29, 0.717) is 27.1 Å². The fourth-order valence-electron chi connectivity index (χ4n) is 2.75. The quantitative estimate of drug-likeness (QED) is 0.425. The molecule has 0 aliphatic heterocycles. The fraction of sp³-hybridized carbons (Fsp3) is 0.333. The van der Waals surface area contributed by atoms with Crippen molar-refractivity contribution in [3.8, 4) is 0 Å². The fourth-order valence-corrected chi connectivity index (χ4v) is 3.36. The molecule has 6 heteroatoms. The zero-order valence-corrected chi connectivity index (χ0v) is 18.3. The Balaban J connectivity index is 2.42. The van der Waals surface area contributed by atoms with Crippen LogP contribution in [0, 0.1) is 6.92 Å². The molecule has 0 saturated carbocycles. The Morgan fingerprint density at radius 1 is 1.04 bits per heavy atom. The zero-order valence-electron chi connectivity index (χ0n) is 16.0. The Morgan fingerprint density at radius 3 is 2.15 bits per heavy atom. The number of hydrogen-bond acceptors (Lipinski definition) is 2. The van der Waals surface area contributed by atoms with Crippen LogP contribution in [0.4, 0.5) is 0 Å². The number of nitrogens with zero attached hydrogens (tertiary/aromatic N) is 2. The first-order valence-corrected chi connectivity index (χ1v) is 10.1. The maximum atomic E-state index is 13.3. The third kappa shape index (κ3) is 5.22. The number of carbonyl (C=O) groups excluding carboxylic acids is 1. The van der Waals surface area contributed by atoms with Crippen molar-refractivity contribution >= 4 is 46.3 Å². The molecule has 0 spiro atoms. The van der Waals surface area contributed by atoms with E-state index in [1.54, 1.807) is 23.2 Å². The molecule has 0 N–H and O–H groups in total. The number of halogens is 2. The third-order valence-corrected chi connectivity index (χ3v) is 5.28. The van der Waals surface area contributed by atoms with Crippen LogP contribution in [0.25, 0.3) is 0 Å². The molecule has 2 aromatic rings. The second-order valence-electron chi connectivity index (χ2n) is 6.67. The maximum absolute atomic E-state index is 13.3. The van der Waals surface area contributed by atoms with Crippen molar-refractivity contribution in [1.82, 2.24) is 10.0 Å². The van der Waals surface area contributed by atoms with Crippen molar-refractivity contribution in [2.24, 2.45) is 0 Å². The molecular weight excluding hydrogens is 399 g/mol. The summed E-state index contributed by atoms with van der Waals surface area (Å²) in [6, 6.07) is 12.9. The van der Waals surface area contributed by atoms with Crippen molar-refractivity contribution in [3.05, 3.63) is 69.2 Å². The molecule has 144 valence electrons. The van der Waals surface area contributed by atoms with Gasteiger partial charge < -0.3 is 0 Å². The Bertz CT molecular complexity index is 821. The minimum atomic E-state index is -0.161. The van der Waals surface area contributed by atoms with Gasteiger partial charge in [-0.1, -0.05) is 72.2 Å². The number of amides is 1. The highest BCUT2D eigenvalue weighted by molar-refractivity contribution is 7.80. The monoisotopic (exact) mass is 422 g/mol. The second kappa shape index (κ2) is 9.54. The van der Waals surface area contributed by atoms with Gasteiger partial charge in [-0.3, -0.25) is 9.80 Å². The van der Waals surface area contributed by atoms with Crippen LogP contribution >= 0.6 is 35.4 Å². The number of hydrogen-bond donors (Lipinski definition) is 0. The topological polar surface area (TPSA) is 23.6 Å². The van der Waals surface area contributed by atoms with Crippen LogP contribution < -0.4 is 0 Å². The highest BCUT2D eigenvalue weighted by Crippen LogP contribution is 2.25. The van der Waals surface area contributed by atoms with Gasteiger partial charge in [0.15, 0.2) is 0 Å². The van der Waals surface area contributed by atoms with Crippen molar-refractivity contribution < 1.29 is 4.79 Å². The van der Waals surface area contributed by atoms with Crippen LogP contribution in [0.1, 0.15) is 48.7 Å². The Kier molecular flexibility index (Phi) is 7.66. The first kappa shape index (κ1) is 21.7. The standard InChI is InChI=1S/C21H24Cl2N2OS/c1-5-12-24(21(27)16-8-6-15(4)7-9-16)25(14(2)3)20(26)17-10-11-18(22)19(23)13-17/h6-11,13-14H,5,12H2,1-4H3. The average molecular weight is 423 g/mol. The van der Waals surface area contributed by atoms with Crippen molar-refractivity contribution in [3.63, 3.8) is 0 Å². The van der Waals surface area contributed by atoms with Gasteiger partial charge in [0.05, 0.1) is 10.0 Å². The molecule has 27 heavy (non-hydrogen) atoms. The number of hydrazine groups is 1. The normalized spacial score (nSPS) is 10.8. The summed E-state index contributed by atoms with van der Waals surface area (Å²) in [5.74, 6) is -0.161. The van der Waals surface area contributed by atoms with Crippen LogP contribution in [0.5, 0.6) is 0 Å². The van der Waals surface area contributed by atoms with E-state index in [-0.39, 0.29) is 11.9 Å². The lowest BCUT2D eigenvalue weighted by molar-refractivity contribution is 0.0152. The zero-order chi connectivity index (χ0) is 20.1. The van der Waals surface area contributed by atoms with Gasteiger partial charge >= 0.3 is 0 Å². The van der Waals surface area contributed by atoms with E-state index < -0.39 is 0 Å². The van der Waals surface area contributed by atoms with Crippen molar-refractivity contribution in [2.75, 3.05) is 6.54 Å². The number of benzene rings is 2. The number of thiocarbonyl (C=S) groups is 1. The van der Waals surface area contributed by atoms with E-state index in [1.165, 1.54) is 0 Å². The second-order valence-corrected chi connectivity index (χ2v) is 7.87. The summed E-state index contributed by atoms with van der Waals surface area (Å²) < 4.78 is 0. The Labute approximate surface area is 176 Å². The predicted molar refractivity (Wildman–Crippen MR) is 118 cm³/mol. The van der Waals surface area contributed by atoms with Gasteiger partial charge in [-0.25, -0.2) is 5.01 Å². The molecule has 2 aromatic carbocycles. The number of rotatable bonds is 5. The summed E-state index contributed by atoms with van der Waals surface area (Å²) in [5, 5.41) is 4.36. The number of aryl methyl sites for hydroxylation is 1. The molecule has 0 atom stereocenters. The van der Waals surface area contributed by atoms with Gasteiger partial charge in [0.2, 0.25) is 0 Å². The molecule has 3 nitrogen and oxygen atoms in total. The summed E-state index contributed by atoms with van der Waals surface area (Å²) in [4.78, 5) is 13.9. The summed E-state index contributed by atoms with van der Waals surface area (Å²) in [5.41, 5.74) is 2.55. The molecular formula is C21H24Cl2N2OS. The highest BCUT2D eigenvalue weighted by atomic mass is 35.5. The maximum Gasteiger partial charge on any atom is 0.272 e. The van der Waals surface area contributed by atoms with Crippen LogP contribution in [0.15, 0.2) is 42.5 Å². The van der Waals surface area contributed by atoms with E-state index >= 15 is 0 Å². The minimum Gasteiger partial charge on any atom is -0.271 e. The Morgan fingerprint density at radius 2 is 1.63 bits per heavy atom. The van der Waals surface area contributed by atoms with E-state index in [2.05, 4.69) is 6.92 Å². The summed E-state index contributed by atoms with van der Waals surface area (Å²) >= 11 is 17.9. The van der Waals surface area contributed by atoms with Gasteiger partial charge in [-0.2, -0.15) is 0 Å². The molecule has 0 fully saturated rings. The molecule has 0 heterocycles. The first-order valence-electron chi connectivity index (χ1n) is 8.93. The smallest absolute Gasteiger partial charge is 0.271 e. The molecule has 2 rings (SSSR count). The van der Waals surface area contributed by atoms with Gasteiger partial charge in [0.1, 0.15) is 4.99 Å². The molecule has 0 aromatic heterocycles. The van der Waals surface area contributed by atoms with E-state index in [4.69, 9.17) is 35.4 Å². The lowest BCUT2D eigenvalue weighted by Crippen LogP contribution is -2.53. The first-order chi connectivity index (χ1) is 12.8. The van der Waals surface area contributed by atoms with Gasteiger partial charge in [-0.05, 0) is 45.4 Å². The van der Waals surface area contributed by atoms with Crippen LogP contribution in [0.3, 0.4) is 0 Å². The molecule has 0 saturated heterocycles. The average Bonchev–Trinajstić information content (AvgIpc) is 2.63. The number of carbonyl (C=O) groups is 1. The van der Waals surface area contributed by atoms with Gasteiger partial charge in [-0.15, -0.1) is 0 Å². The molecule has 0 unspecified atom stereocenters. The van der Waals surface area contributed by atoms with E-state index in [9.17, 15) is 4.79 Å². The highest BCUT2D eigenvalue weighted by Gasteiger charge is 2.28. The lowest BCUT2D eigenvalue weighted by atomic mass is 10.1. The van der Waals surface area contributed by atoms with Gasteiger partial charge in [0, 0.05) is 23.7 Å².